The van der Waals surface area contributed by atoms with Crippen molar-refractivity contribution in [3.63, 3.8) is 0 Å². The van der Waals surface area contributed by atoms with Gasteiger partial charge in [0.05, 0.1) is 10.6 Å². The Balaban J connectivity index is 2.30. The van der Waals surface area contributed by atoms with E-state index in [1.165, 1.54) is 17.2 Å². The quantitative estimate of drug-likeness (QED) is 0.915. The van der Waals surface area contributed by atoms with Gasteiger partial charge in [0, 0.05) is 26.8 Å². The summed E-state index contributed by atoms with van der Waals surface area (Å²) in [5.74, 6) is -0.650. The number of carboxylic acid groups (broad SMARTS) is 1. The first-order valence-electron chi connectivity index (χ1n) is 6.28. The van der Waals surface area contributed by atoms with E-state index in [1.807, 2.05) is 0 Å². The predicted molar refractivity (Wildman–Crippen MR) is 75.3 cm³/mol. The highest BCUT2D eigenvalue weighted by Gasteiger charge is 2.32. The van der Waals surface area contributed by atoms with Crippen molar-refractivity contribution in [2.24, 2.45) is 0 Å². The molecule has 7 heteroatoms. The molecule has 0 aliphatic carbocycles. The summed E-state index contributed by atoms with van der Waals surface area (Å²) in [5, 5.41) is 9.48. The van der Waals surface area contributed by atoms with E-state index in [0.29, 0.717) is 29.4 Å². The number of aromatic nitrogens is 1. The fourth-order valence-corrected chi connectivity index (χ4v) is 2.57. The third-order valence-corrected chi connectivity index (χ3v) is 3.56. The Labute approximate surface area is 122 Å². The lowest BCUT2D eigenvalue weighted by atomic mass is 10.2. The van der Waals surface area contributed by atoms with E-state index in [4.69, 9.17) is 11.6 Å². The zero-order valence-electron chi connectivity index (χ0n) is 11.3. The summed E-state index contributed by atoms with van der Waals surface area (Å²) in [5.41, 5.74) is 0.384. The minimum absolute atomic E-state index is 0.192. The average molecular weight is 298 g/mol. The Kier molecular flexibility index (Phi) is 4.13. The molecule has 20 heavy (non-hydrogen) atoms. The number of hydrogen-bond acceptors (Lipinski definition) is 4. The fourth-order valence-electron chi connectivity index (χ4n) is 2.29. The minimum Gasteiger partial charge on any atom is -0.480 e. The van der Waals surface area contributed by atoms with Crippen molar-refractivity contribution in [1.29, 1.82) is 0 Å². The summed E-state index contributed by atoms with van der Waals surface area (Å²) in [6.07, 6.45) is 2.79. The lowest BCUT2D eigenvalue weighted by Crippen LogP contribution is -2.36. The van der Waals surface area contributed by atoms with Crippen molar-refractivity contribution in [1.82, 2.24) is 9.88 Å². The van der Waals surface area contributed by atoms with Crippen LogP contribution in [0.15, 0.2) is 12.3 Å². The van der Waals surface area contributed by atoms with Crippen LogP contribution in [0.25, 0.3) is 0 Å². The van der Waals surface area contributed by atoms with Gasteiger partial charge in [-0.3, -0.25) is 4.79 Å². The Bertz CT molecular complexity index is 548. The van der Waals surface area contributed by atoms with Crippen LogP contribution < -0.4 is 4.90 Å². The van der Waals surface area contributed by atoms with Gasteiger partial charge in [-0.15, -0.1) is 0 Å². The second-order valence-corrected chi connectivity index (χ2v) is 5.33. The Morgan fingerprint density at radius 2 is 2.20 bits per heavy atom. The van der Waals surface area contributed by atoms with Gasteiger partial charge in [-0.05, 0) is 18.9 Å². The summed E-state index contributed by atoms with van der Waals surface area (Å²) in [4.78, 5) is 30.3. The number of rotatable bonds is 3. The fraction of sp³-hybridized carbons (Fsp3) is 0.462. The van der Waals surface area contributed by atoms with E-state index in [2.05, 4.69) is 4.98 Å². The average Bonchev–Trinajstić information content (AvgIpc) is 2.86. The summed E-state index contributed by atoms with van der Waals surface area (Å²) in [6, 6.07) is 0.930. The number of amides is 1. The first kappa shape index (κ1) is 14.6. The standard InChI is InChI=1S/C13H16ClN3O3/c1-16(2)12(18)8-6-9(14)11(15-7-8)17-5-3-4-10(17)13(19)20/h6-7,10H,3-5H2,1-2H3,(H,19,20)/t10-/m0/s1. The molecule has 2 heterocycles. The number of hydrogen-bond donors (Lipinski definition) is 1. The van der Waals surface area contributed by atoms with Crippen molar-refractivity contribution in [2.75, 3.05) is 25.5 Å². The highest BCUT2D eigenvalue weighted by atomic mass is 35.5. The molecule has 0 bridgehead atoms. The molecule has 0 spiro atoms. The Hall–Kier alpha value is -1.82. The first-order chi connectivity index (χ1) is 9.41. The Morgan fingerprint density at radius 1 is 1.50 bits per heavy atom. The number of nitrogens with zero attached hydrogens (tertiary/aromatic N) is 3. The lowest BCUT2D eigenvalue weighted by Gasteiger charge is -2.23. The maximum absolute atomic E-state index is 11.8. The van der Waals surface area contributed by atoms with Gasteiger partial charge in [0.25, 0.3) is 5.91 Å². The van der Waals surface area contributed by atoms with Gasteiger partial charge in [0.15, 0.2) is 0 Å². The van der Waals surface area contributed by atoms with E-state index in [9.17, 15) is 14.7 Å². The number of carboxylic acids is 1. The molecule has 1 fully saturated rings. The monoisotopic (exact) mass is 297 g/mol. The molecule has 2 rings (SSSR count). The van der Waals surface area contributed by atoms with Crippen LogP contribution in [0.5, 0.6) is 0 Å². The zero-order valence-corrected chi connectivity index (χ0v) is 12.1. The SMILES string of the molecule is CN(C)C(=O)c1cnc(N2CCC[C@H]2C(=O)O)c(Cl)c1. The molecule has 0 unspecified atom stereocenters. The number of carbonyl (C=O) groups is 2. The van der Waals surface area contributed by atoms with E-state index in [0.717, 1.165) is 6.42 Å². The normalized spacial score (nSPS) is 18.1. The zero-order chi connectivity index (χ0) is 14.9. The highest BCUT2D eigenvalue weighted by molar-refractivity contribution is 6.33. The third kappa shape index (κ3) is 2.70. The van der Waals surface area contributed by atoms with Crippen molar-refractivity contribution in [2.45, 2.75) is 18.9 Å². The molecule has 1 aromatic heterocycles. The molecule has 1 aromatic rings. The molecule has 108 valence electrons. The number of aliphatic carboxylic acids is 1. The summed E-state index contributed by atoms with van der Waals surface area (Å²) in [6.45, 7) is 0.602. The maximum Gasteiger partial charge on any atom is 0.326 e. The van der Waals surface area contributed by atoms with E-state index in [1.54, 1.807) is 19.0 Å². The van der Waals surface area contributed by atoms with Crippen LogP contribution in [0.4, 0.5) is 5.82 Å². The van der Waals surface area contributed by atoms with E-state index >= 15 is 0 Å². The summed E-state index contributed by atoms with van der Waals surface area (Å²) < 4.78 is 0. The molecule has 1 aliphatic rings. The van der Waals surface area contributed by atoms with Crippen LogP contribution in [0.2, 0.25) is 5.02 Å². The molecule has 1 amide bonds. The van der Waals surface area contributed by atoms with Gasteiger partial charge < -0.3 is 14.9 Å². The number of anilines is 1. The van der Waals surface area contributed by atoms with E-state index < -0.39 is 12.0 Å². The minimum atomic E-state index is -0.881. The molecule has 0 saturated carbocycles. The van der Waals surface area contributed by atoms with Gasteiger partial charge in [0.1, 0.15) is 11.9 Å². The van der Waals surface area contributed by atoms with Gasteiger partial charge in [0.2, 0.25) is 0 Å². The summed E-state index contributed by atoms with van der Waals surface area (Å²) >= 11 is 6.16. The van der Waals surface area contributed by atoms with Crippen molar-refractivity contribution >= 4 is 29.3 Å². The third-order valence-electron chi connectivity index (χ3n) is 3.28. The first-order valence-corrected chi connectivity index (χ1v) is 6.66. The second kappa shape index (κ2) is 5.66. The van der Waals surface area contributed by atoms with Crippen LogP contribution in [-0.4, -0.2) is 53.5 Å². The smallest absolute Gasteiger partial charge is 0.326 e. The molecule has 1 aliphatic heterocycles. The number of pyridine rings is 1. The lowest BCUT2D eigenvalue weighted by molar-refractivity contribution is -0.138. The maximum atomic E-state index is 11.8. The molecular weight excluding hydrogens is 282 g/mol. The number of halogens is 1. The molecule has 1 atom stereocenters. The van der Waals surface area contributed by atoms with Gasteiger partial charge >= 0.3 is 5.97 Å². The van der Waals surface area contributed by atoms with Crippen LogP contribution in [0.1, 0.15) is 23.2 Å². The molecular formula is C13H16ClN3O3. The van der Waals surface area contributed by atoms with E-state index in [-0.39, 0.29) is 5.91 Å². The second-order valence-electron chi connectivity index (χ2n) is 4.92. The van der Waals surface area contributed by atoms with Crippen LogP contribution >= 0.6 is 11.6 Å². The number of carbonyl (C=O) groups excluding carboxylic acids is 1. The molecule has 6 nitrogen and oxygen atoms in total. The van der Waals surface area contributed by atoms with Crippen LogP contribution in [-0.2, 0) is 4.79 Å². The molecule has 0 aromatic carbocycles. The van der Waals surface area contributed by atoms with Gasteiger partial charge in [-0.25, -0.2) is 9.78 Å². The van der Waals surface area contributed by atoms with Crippen LogP contribution in [0.3, 0.4) is 0 Å². The predicted octanol–water partition coefficient (Wildman–Crippen LogP) is 1.49. The van der Waals surface area contributed by atoms with Crippen LogP contribution in [0, 0.1) is 0 Å². The Morgan fingerprint density at radius 3 is 2.75 bits per heavy atom. The summed E-state index contributed by atoms with van der Waals surface area (Å²) in [7, 11) is 3.29. The van der Waals surface area contributed by atoms with Gasteiger partial charge in [-0.1, -0.05) is 11.6 Å². The largest absolute Gasteiger partial charge is 0.480 e. The van der Waals surface area contributed by atoms with Crippen molar-refractivity contribution in [3.8, 4) is 0 Å². The molecule has 1 N–H and O–H groups in total. The molecule has 1 saturated heterocycles. The highest BCUT2D eigenvalue weighted by Crippen LogP contribution is 2.30. The molecule has 0 radical (unpaired) electrons. The van der Waals surface area contributed by atoms with Crippen molar-refractivity contribution < 1.29 is 14.7 Å². The topological polar surface area (TPSA) is 73.7 Å². The van der Waals surface area contributed by atoms with Crippen molar-refractivity contribution in [3.05, 3.63) is 22.8 Å². The van der Waals surface area contributed by atoms with Gasteiger partial charge in [-0.2, -0.15) is 0 Å².